The Morgan fingerprint density at radius 1 is 0.957 bits per heavy atom. The number of ketones is 1. The maximum absolute atomic E-state index is 11.8. The van der Waals surface area contributed by atoms with Crippen molar-refractivity contribution in [1.82, 2.24) is 0 Å². The lowest BCUT2D eigenvalue weighted by molar-refractivity contribution is -0.116. The number of carbonyl (C=O) groups excluding carboxylic acids is 1. The molecule has 120 valence electrons. The van der Waals surface area contributed by atoms with Crippen LogP contribution in [0.2, 0.25) is 0 Å². The van der Waals surface area contributed by atoms with E-state index in [2.05, 4.69) is 0 Å². The quantitative estimate of drug-likeness (QED) is 0.687. The Bertz CT molecular complexity index is 657. The summed E-state index contributed by atoms with van der Waals surface area (Å²) in [6.45, 7) is 0. The van der Waals surface area contributed by atoms with E-state index in [9.17, 15) is 20.1 Å². The van der Waals surface area contributed by atoms with Crippen molar-refractivity contribution in [2.45, 2.75) is 25.4 Å². The zero-order chi connectivity index (χ0) is 16.7. The van der Waals surface area contributed by atoms with Crippen molar-refractivity contribution in [3.8, 4) is 11.5 Å². The number of rotatable bonds is 7. The first-order valence-electron chi connectivity index (χ1n) is 7.49. The first-order chi connectivity index (χ1) is 11.0. The van der Waals surface area contributed by atoms with Crippen molar-refractivity contribution in [3.63, 3.8) is 0 Å². The topological polar surface area (TPSA) is 77.8 Å². The van der Waals surface area contributed by atoms with Gasteiger partial charge < -0.3 is 15.3 Å². The summed E-state index contributed by atoms with van der Waals surface area (Å²) in [6, 6.07) is 13.3. The minimum Gasteiger partial charge on any atom is -0.508 e. The highest BCUT2D eigenvalue weighted by Crippen LogP contribution is 2.14. The molecule has 0 saturated heterocycles. The summed E-state index contributed by atoms with van der Waals surface area (Å²) in [7, 11) is 0. The average molecular weight is 312 g/mol. The molecule has 2 aromatic rings. The summed E-state index contributed by atoms with van der Waals surface area (Å²) < 4.78 is 0. The summed E-state index contributed by atoms with van der Waals surface area (Å²) in [5, 5.41) is 28.3. The zero-order valence-electron chi connectivity index (χ0n) is 12.7. The van der Waals surface area contributed by atoms with Crippen LogP contribution in [0.5, 0.6) is 11.5 Å². The van der Waals surface area contributed by atoms with Gasteiger partial charge in [0.25, 0.3) is 0 Å². The van der Waals surface area contributed by atoms with E-state index in [4.69, 9.17) is 0 Å². The first-order valence-corrected chi connectivity index (χ1v) is 7.49. The monoisotopic (exact) mass is 312 g/mol. The van der Waals surface area contributed by atoms with Crippen LogP contribution in [0.3, 0.4) is 0 Å². The van der Waals surface area contributed by atoms with Gasteiger partial charge in [0.15, 0.2) is 5.78 Å². The molecule has 4 heteroatoms. The Hall–Kier alpha value is -2.59. The number of phenolic OH excluding ortho intramolecular Hbond substituents is 2. The predicted octanol–water partition coefficient (Wildman–Crippen LogP) is 3.06. The first kappa shape index (κ1) is 16.8. The van der Waals surface area contributed by atoms with Gasteiger partial charge in [0.1, 0.15) is 11.5 Å². The number of aliphatic hydroxyl groups is 1. The number of aromatic hydroxyl groups is 2. The van der Waals surface area contributed by atoms with E-state index in [0.717, 1.165) is 11.1 Å². The Morgan fingerprint density at radius 3 is 2.13 bits per heavy atom. The highest BCUT2D eigenvalue weighted by molar-refractivity contribution is 5.93. The second-order valence-corrected chi connectivity index (χ2v) is 5.45. The summed E-state index contributed by atoms with van der Waals surface area (Å²) in [6.07, 6.45) is 3.62. The Labute approximate surface area is 135 Å². The number of phenols is 2. The number of allylic oxidation sites excluding steroid dienone is 1. The van der Waals surface area contributed by atoms with E-state index in [0.29, 0.717) is 12.8 Å². The number of hydrogen-bond donors (Lipinski definition) is 3. The van der Waals surface area contributed by atoms with Crippen molar-refractivity contribution >= 4 is 11.9 Å². The van der Waals surface area contributed by atoms with E-state index >= 15 is 0 Å². The van der Waals surface area contributed by atoms with E-state index in [1.165, 1.54) is 6.08 Å². The van der Waals surface area contributed by atoms with E-state index in [1.807, 2.05) is 0 Å². The second-order valence-electron chi connectivity index (χ2n) is 5.45. The third kappa shape index (κ3) is 5.96. The molecular formula is C19H20O4. The number of aliphatic hydroxyl groups excluding tert-OH is 1. The highest BCUT2D eigenvalue weighted by Gasteiger charge is 2.09. The van der Waals surface area contributed by atoms with Crippen LogP contribution >= 0.6 is 0 Å². The molecule has 0 saturated carbocycles. The fourth-order valence-electron chi connectivity index (χ4n) is 2.17. The molecule has 0 heterocycles. The molecule has 2 aromatic carbocycles. The van der Waals surface area contributed by atoms with Crippen LogP contribution in [0, 0.1) is 0 Å². The molecule has 0 radical (unpaired) electrons. The fourth-order valence-corrected chi connectivity index (χ4v) is 2.17. The zero-order valence-corrected chi connectivity index (χ0v) is 12.7. The van der Waals surface area contributed by atoms with Crippen molar-refractivity contribution in [2.24, 2.45) is 0 Å². The Balaban J connectivity index is 1.77. The van der Waals surface area contributed by atoms with Crippen LogP contribution < -0.4 is 0 Å². The minimum absolute atomic E-state index is 0.0761. The normalized spacial score (nSPS) is 12.4. The molecule has 0 spiro atoms. The Morgan fingerprint density at radius 2 is 1.52 bits per heavy atom. The van der Waals surface area contributed by atoms with Crippen LogP contribution in [0.15, 0.2) is 54.6 Å². The summed E-state index contributed by atoms with van der Waals surface area (Å²) in [4.78, 5) is 11.8. The molecule has 4 nitrogen and oxygen atoms in total. The van der Waals surface area contributed by atoms with Gasteiger partial charge in [-0.3, -0.25) is 4.79 Å². The smallest absolute Gasteiger partial charge is 0.158 e. The molecule has 23 heavy (non-hydrogen) atoms. The molecule has 0 aliphatic heterocycles. The van der Waals surface area contributed by atoms with Gasteiger partial charge >= 0.3 is 0 Å². The highest BCUT2D eigenvalue weighted by atomic mass is 16.3. The predicted molar refractivity (Wildman–Crippen MR) is 89.2 cm³/mol. The van der Waals surface area contributed by atoms with Crippen LogP contribution in [0.4, 0.5) is 0 Å². The van der Waals surface area contributed by atoms with Gasteiger partial charge in [-0.1, -0.05) is 30.3 Å². The van der Waals surface area contributed by atoms with E-state index < -0.39 is 6.10 Å². The standard InChI is InChI=1S/C19H20O4/c20-16-7-1-14(2-8-16)5-11-18(22)13-19(23)12-6-15-3-9-17(21)10-4-15/h1-5,7-11,19-21,23H,6,12-13H2/b11-5+. The second kappa shape index (κ2) is 8.15. The van der Waals surface area contributed by atoms with Gasteiger partial charge in [0, 0.05) is 6.42 Å². The number of carbonyl (C=O) groups is 1. The number of benzene rings is 2. The van der Waals surface area contributed by atoms with Crippen LogP contribution in [0.25, 0.3) is 6.08 Å². The van der Waals surface area contributed by atoms with E-state index in [-0.39, 0.29) is 23.7 Å². The molecule has 0 fully saturated rings. The maximum Gasteiger partial charge on any atom is 0.158 e. The van der Waals surface area contributed by atoms with Crippen LogP contribution in [-0.4, -0.2) is 27.2 Å². The van der Waals surface area contributed by atoms with Gasteiger partial charge in [-0.05, 0) is 54.3 Å². The number of hydrogen-bond acceptors (Lipinski definition) is 4. The van der Waals surface area contributed by atoms with Crippen molar-refractivity contribution in [3.05, 3.63) is 65.7 Å². The third-order valence-electron chi connectivity index (χ3n) is 3.49. The average Bonchev–Trinajstić information content (AvgIpc) is 2.54. The molecule has 2 rings (SSSR count). The van der Waals surface area contributed by atoms with Gasteiger partial charge in [-0.15, -0.1) is 0 Å². The lowest BCUT2D eigenvalue weighted by Crippen LogP contribution is -2.12. The van der Waals surface area contributed by atoms with Crippen LogP contribution in [-0.2, 0) is 11.2 Å². The Kier molecular flexibility index (Phi) is 5.94. The molecule has 0 bridgehead atoms. The molecule has 3 N–H and O–H groups in total. The number of aryl methyl sites for hydroxylation is 1. The molecular weight excluding hydrogens is 292 g/mol. The van der Waals surface area contributed by atoms with Crippen molar-refractivity contribution in [1.29, 1.82) is 0 Å². The SMILES string of the molecule is O=C(/C=C/c1ccc(O)cc1)CC(O)CCc1ccc(O)cc1. The molecule has 0 aliphatic carbocycles. The molecule has 1 atom stereocenters. The van der Waals surface area contributed by atoms with Gasteiger partial charge in [-0.25, -0.2) is 0 Å². The largest absolute Gasteiger partial charge is 0.508 e. The molecule has 0 amide bonds. The van der Waals surface area contributed by atoms with Crippen LogP contribution in [0.1, 0.15) is 24.0 Å². The third-order valence-corrected chi connectivity index (χ3v) is 3.49. The van der Waals surface area contributed by atoms with Gasteiger partial charge in [0.05, 0.1) is 6.10 Å². The summed E-state index contributed by atoms with van der Waals surface area (Å²) in [5.41, 5.74) is 1.82. The minimum atomic E-state index is -0.694. The van der Waals surface area contributed by atoms with Gasteiger partial charge in [-0.2, -0.15) is 0 Å². The van der Waals surface area contributed by atoms with E-state index in [1.54, 1.807) is 54.6 Å². The molecule has 0 aromatic heterocycles. The lowest BCUT2D eigenvalue weighted by atomic mass is 10.0. The van der Waals surface area contributed by atoms with Crippen molar-refractivity contribution < 1.29 is 20.1 Å². The fraction of sp³-hybridized carbons (Fsp3) is 0.211. The summed E-state index contributed by atoms with van der Waals surface area (Å²) >= 11 is 0. The summed E-state index contributed by atoms with van der Waals surface area (Å²) in [5.74, 6) is 0.248. The molecule has 0 aliphatic rings. The molecule has 1 unspecified atom stereocenters. The maximum atomic E-state index is 11.8. The van der Waals surface area contributed by atoms with Gasteiger partial charge in [0.2, 0.25) is 0 Å². The lowest BCUT2D eigenvalue weighted by Gasteiger charge is -2.08. The van der Waals surface area contributed by atoms with Crippen molar-refractivity contribution in [2.75, 3.05) is 0 Å².